The van der Waals surface area contributed by atoms with E-state index in [-0.39, 0.29) is 22.4 Å². The highest BCUT2D eigenvalue weighted by Crippen LogP contribution is 2.33. The second-order valence-corrected chi connectivity index (χ2v) is 7.35. The zero-order valence-electron chi connectivity index (χ0n) is 17.5. The predicted molar refractivity (Wildman–Crippen MR) is 114 cm³/mol. The molecule has 0 spiro atoms. The Bertz CT molecular complexity index is 909. The Morgan fingerprint density at radius 1 is 1.13 bits per heavy atom. The number of benzene rings is 2. The largest absolute Gasteiger partial charge is 0.493 e. The smallest absolute Gasteiger partial charge is 0.292 e. The van der Waals surface area contributed by atoms with Gasteiger partial charge in [0.05, 0.1) is 19.1 Å². The van der Waals surface area contributed by atoms with Crippen molar-refractivity contribution in [3.63, 3.8) is 0 Å². The Labute approximate surface area is 176 Å². The first-order chi connectivity index (χ1) is 14.5. The third-order valence-corrected chi connectivity index (χ3v) is 5.53. The van der Waals surface area contributed by atoms with E-state index in [1.165, 1.54) is 6.07 Å². The molecular formula is C22H27N3O5. The lowest BCUT2D eigenvalue weighted by Gasteiger charge is -2.34. The fourth-order valence-electron chi connectivity index (χ4n) is 3.98. The topological polar surface area (TPSA) is 85.2 Å². The number of nitro benzene ring substituents is 1. The van der Waals surface area contributed by atoms with Gasteiger partial charge in [0.25, 0.3) is 5.69 Å². The summed E-state index contributed by atoms with van der Waals surface area (Å²) in [6.45, 7) is 1.64. The van der Waals surface area contributed by atoms with Crippen LogP contribution in [0.2, 0.25) is 0 Å². The molecule has 0 N–H and O–H groups in total. The van der Waals surface area contributed by atoms with Gasteiger partial charge in [-0.3, -0.25) is 14.9 Å². The summed E-state index contributed by atoms with van der Waals surface area (Å²) in [5.41, 5.74) is 1.59. The van der Waals surface area contributed by atoms with E-state index in [4.69, 9.17) is 9.47 Å². The fourth-order valence-corrected chi connectivity index (χ4v) is 3.98. The summed E-state index contributed by atoms with van der Waals surface area (Å²) >= 11 is 0. The molecule has 30 heavy (non-hydrogen) atoms. The highest BCUT2D eigenvalue weighted by molar-refractivity contribution is 5.79. The molecule has 8 heteroatoms. The van der Waals surface area contributed by atoms with Crippen molar-refractivity contribution in [1.82, 2.24) is 4.90 Å². The van der Waals surface area contributed by atoms with Crippen LogP contribution in [0.15, 0.2) is 42.5 Å². The molecule has 1 fully saturated rings. The maximum Gasteiger partial charge on any atom is 0.292 e. The molecule has 8 nitrogen and oxygen atoms in total. The molecular weight excluding hydrogens is 386 g/mol. The van der Waals surface area contributed by atoms with E-state index in [9.17, 15) is 14.9 Å². The summed E-state index contributed by atoms with van der Waals surface area (Å²) in [5, 5.41) is 11.3. The minimum absolute atomic E-state index is 0.0714. The summed E-state index contributed by atoms with van der Waals surface area (Å²) in [6.07, 6.45) is 1.31. The molecule has 1 amide bonds. The third-order valence-electron chi connectivity index (χ3n) is 5.53. The second kappa shape index (κ2) is 9.47. The van der Waals surface area contributed by atoms with Crippen LogP contribution in [0.4, 0.5) is 11.4 Å². The molecule has 1 saturated heterocycles. The molecule has 0 unspecified atom stereocenters. The van der Waals surface area contributed by atoms with Crippen LogP contribution in [0.1, 0.15) is 18.4 Å². The molecule has 1 aliphatic rings. The first kappa shape index (κ1) is 21.4. The van der Waals surface area contributed by atoms with Gasteiger partial charge in [-0.25, -0.2) is 0 Å². The number of carbonyl (C=O) groups excluding carboxylic acids is 1. The first-order valence-electron chi connectivity index (χ1n) is 9.89. The van der Waals surface area contributed by atoms with Crippen LogP contribution in [-0.2, 0) is 11.3 Å². The molecule has 3 rings (SSSR count). The SMILES string of the molecule is COc1cccc(CN(C)C(=O)C2CCN(c3ccccc3[N+](=O)[O-])CC2)c1OC. The zero-order chi connectivity index (χ0) is 21.7. The van der Waals surface area contributed by atoms with Gasteiger partial charge in [0.2, 0.25) is 5.91 Å². The monoisotopic (exact) mass is 413 g/mol. The van der Waals surface area contributed by atoms with Crippen molar-refractivity contribution in [3.05, 3.63) is 58.1 Å². The van der Waals surface area contributed by atoms with Crippen LogP contribution in [-0.4, -0.2) is 50.1 Å². The third kappa shape index (κ3) is 4.48. The van der Waals surface area contributed by atoms with Gasteiger partial charge >= 0.3 is 0 Å². The lowest BCUT2D eigenvalue weighted by Crippen LogP contribution is -2.41. The normalized spacial score (nSPS) is 14.3. The standard InChI is InChI=1S/C22H27N3O5/c1-23(15-17-7-6-10-20(29-2)21(17)30-3)22(26)16-11-13-24(14-12-16)18-8-4-5-9-19(18)25(27)28/h4-10,16H,11-15H2,1-3H3. The van der Waals surface area contributed by atoms with Crippen molar-refractivity contribution < 1.29 is 19.2 Å². The Morgan fingerprint density at radius 2 is 1.83 bits per heavy atom. The summed E-state index contributed by atoms with van der Waals surface area (Å²) < 4.78 is 10.8. The van der Waals surface area contributed by atoms with E-state index in [0.29, 0.717) is 49.7 Å². The second-order valence-electron chi connectivity index (χ2n) is 7.35. The van der Waals surface area contributed by atoms with E-state index in [0.717, 1.165) is 5.56 Å². The Balaban J connectivity index is 1.64. The van der Waals surface area contributed by atoms with Crippen LogP contribution < -0.4 is 14.4 Å². The number of hydrogen-bond donors (Lipinski definition) is 0. The van der Waals surface area contributed by atoms with Gasteiger partial charge < -0.3 is 19.3 Å². The number of anilines is 1. The molecule has 0 bridgehead atoms. The number of piperidine rings is 1. The van der Waals surface area contributed by atoms with E-state index in [2.05, 4.69) is 0 Å². The Kier molecular flexibility index (Phi) is 6.76. The van der Waals surface area contributed by atoms with Gasteiger partial charge in [-0.1, -0.05) is 24.3 Å². The summed E-state index contributed by atoms with van der Waals surface area (Å²) in [5.74, 6) is 1.23. The molecule has 2 aromatic rings. The minimum Gasteiger partial charge on any atom is -0.493 e. The Hall–Kier alpha value is -3.29. The van der Waals surface area contributed by atoms with Gasteiger partial charge in [-0.2, -0.15) is 0 Å². The van der Waals surface area contributed by atoms with Crippen molar-refractivity contribution >= 4 is 17.3 Å². The van der Waals surface area contributed by atoms with Gasteiger partial charge in [0.15, 0.2) is 11.5 Å². The number of hydrogen-bond acceptors (Lipinski definition) is 6. The lowest BCUT2D eigenvalue weighted by molar-refractivity contribution is -0.384. The van der Waals surface area contributed by atoms with Crippen molar-refractivity contribution in [2.75, 3.05) is 39.3 Å². The Morgan fingerprint density at radius 3 is 2.47 bits per heavy atom. The fraction of sp³-hybridized carbons (Fsp3) is 0.409. The van der Waals surface area contributed by atoms with E-state index < -0.39 is 0 Å². The average Bonchev–Trinajstić information content (AvgIpc) is 2.78. The molecule has 2 aromatic carbocycles. The molecule has 160 valence electrons. The lowest BCUT2D eigenvalue weighted by atomic mass is 9.94. The maximum absolute atomic E-state index is 13.0. The van der Waals surface area contributed by atoms with Crippen LogP contribution in [0.25, 0.3) is 0 Å². The van der Waals surface area contributed by atoms with Crippen molar-refractivity contribution in [2.24, 2.45) is 5.92 Å². The van der Waals surface area contributed by atoms with Crippen LogP contribution in [0.3, 0.4) is 0 Å². The van der Waals surface area contributed by atoms with Gasteiger partial charge in [-0.05, 0) is 25.0 Å². The summed E-state index contributed by atoms with van der Waals surface area (Å²) in [6, 6.07) is 12.4. The summed E-state index contributed by atoms with van der Waals surface area (Å²) in [7, 11) is 4.96. The number of amides is 1. The first-order valence-corrected chi connectivity index (χ1v) is 9.89. The number of rotatable bonds is 7. The molecule has 0 saturated carbocycles. The van der Waals surface area contributed by atoms with Crippen molar-refractivity contribution in [2.45, 2.75) is 19.4 Å². The van der Waals surface area contributed by atoms with Gasteiger partial charge in [0, 0.05) is 44.2 Å². The van der Waals surface area contributed by atoms with Gasteiger partial charge in [0.1, 0.15) is 5.69 Å². The number of ether oxygens (including phenoxy) is 2. The minimum atomic E-state index is -0.359. The van der Waals surface area contributed by atoms with Gasteiger partial charge in [-0.15, -0.1) is 0 Å². The molecule has 0 aliphatic carbocycles. The van der Waals surface area contributed by atoms with Crippen molar-refractivity contribution in [3.8, 4) is 11.5 Å². The molecule has 0 radical (unpaired) electrons. The van der Waals surface area contributed by atoms with Crippen molar-refractivity contribution in [1.29, 1.82) is 0 Å². The predicted octanol–water partition coefficient (Wildman–Crippen LogP) is 3.49. The molecule has 1 heterocycles. The number of methoxy groups -OCH3 is 2. The van der Waals surface area contributed by atoms with E-state index in [1.54, 1.807) is 44.4 Å². The molecule has 0 atom stereocenters. The maximum atomic E-state index is 13.0. The highest BCUT2D eigenvalue weighted by atomic mass is 16.6. The number of carbonyl (C=O) groups is 1. The zero-order valence-corrected chi connectivity index (χ0v) is 17.5. The molecule has 0 aromatic heterocycles. The highest BCUT2D eigenvalue weighted by Gasteiger charge is 2.30. The number of nitro groups is 1. The number of para-hydroxylation sites is 3. The quantitative estimate of drug-likeness (QED) is 0.510. The van der Waals surface area contributed by atoms with Crippen LogP contribution in [0, 0.1) is 16.0 Å². The summed E-state index contributed by atoms with van der Waals surface area (Å²) in [4.78, 5) is 27.6. The van der Waals surface area contributed by atoms with Crippen LogP contribution in [0.5, 0.6) is 11.5 Å². The average molecular weight is 413 g/mol. The van der Waals surface area contributed by atoms with Crippen LogP contribution >= 0.6 is 0 Å². The van der Waals surface area contributed by atoms with E-state index in [1.807, 2.05) is 23.1 Å². The number of nitrogens with zero attached hydrogens (tertiary/aromatic N) is 3. The molecule has 1 aliphatic heterocycles. The van der Waals surface area contributed by atoms with E-state index >= 15 is 0 Å².